The Balaban J connectivity index is 1.54. The van der Waals surface area contributed by atoms with Gasteiger partial charge in [0.05, 0.1) is 13.2 Å². The van der Waals surface area contributed by atoms with Gasteiger partial charge in [0.2, 0.25) is 5.90 Å². The van der Waals surface area contributed by atoms with Crippen molar-refractivity contribution in [3.05, 3.63) is 153 Å². The van der Waals surface area contributed by atoms with E-state index in [1.54, 1.807) is 48.5 Å². The van der Waals surface area contributed by atoms with Gasteiger partial charge in [-0.2, -0.15) is 0 Å². The molecule has 12 heteroatoms. The quantitative estimate of drug-likeness (QED) is 0.0430. The standard InChI is InChI=1S/C36H34F2N6O4/c37-29-20-26(21-30(38)22-29)23-40-43-35(46)36(17-6-10-25-8-2-1-3-9-25)33(32-12-5-4-11-28(32)24-41-44-39)48-34(42-36)27-13-15-31(16-14-27)47-19-7-18-45/h1-6,8-16,20-22,33,40,45H,7,17-19,23-24H2,(H,43,46)/b10-6+/t33-,36-/m0/s1. The summed E-state index contributed by atoms with van der Waals surface area (Å²) < 4.78 is 39.9. The lowest BCUT2D eigenvalue weighted by Gasteiger charge is -2.31. The fourth-order valence-electron chi connectivity index (χ4n) is 5.32. The van der Waals surface area contributed by atoms with E-state index in [1.807, 2.05) is 42.5 Å². The van der Waals surface area contributed by atoms with Crippen molar-refractivity contribution in [1.29, 1.82) is 0 Å². The van der Waals surface area contributed by atoms with Crippen molar-refractivity contribution < 1.29 is 28.2 Å². The smallest absolute Gasteiger partial charge is 0.266 e. The van der Waals surface area contributed by atoms with E-state index in [2.05, 4.69) is 20.9 Å². The largest absolute Gasteiger partial charge is 0.494 e. The summed E-state index contributed by atoms with van der Waals surface area (Å²) >= 11 is 0. The summed E-state index contributed by atoms with van der Waals surface area (Å²) in [7, 11) is 0. The van der Waals surface area contributed by atoms with Crippen LogP contribution < -0.4 is 15.6 Å². The lowest BCUT2D eigenvalue weighted by Crippen LogP contribution is -2.52. The first-order valence-corrected chi connectivity index (χ1v) is 15.3. The van der Waals surface area contributed by atoms with E-state index in [0.717, 1.165) is 11.6 Å². The first-order valence-electron chi connectivity index (χ1n) is 15.3. The SMILES string of the molecule is [N-]=[N+]=NCc1ccccc1[C@@H]1OC(c2ccc(OCCCO)cc2)=N[C@]1(C/C=C/c1ccccc1)C(=O)NNCc1cc(F)cc(F)c1. The molecule has 0 aliphatic carbocycles. The van der Waals surface area contributed by atoms with E-state index in [-0.39, 0.29) is 37.6 Å². The van der Waals surface area contributed by atoms with Gasteiger partial charge in [0.15, 0.2) is 11.6 Å². The van der Waals surface area contributed by atoms with Crippen LogP contribution in [-0.4, -0.2) is 35.7 Å². The molecule has 0 saturated carbocycles. The van der Waals surface area contributed by atoms with Gasteiger partial charge in [-0.1, -0.05) is 71.9 Å². The average molecular weight is 653 g/mol. The molecule has 246 valence electrons. The molecule has 0 saturated heterocycles. The minimum Gasteiger partial charge on any atom is -0.494 e. The van der Waals surface area contributed by atoms with Gasteiger partial charge in [-0.15, -0.1) is 0 Å². The Morgan fingerprint density at radius 2 is 1.77 bits per heavy atom. The number of rotatable bonds is 15. The van der Waals surface area contributed by atoms with Crippen molar-refractivity contribution in [1.82, 2.24) is 10.9 Å². The molecule has 0 radical (unpaired) electrons. The number of carbonyl (C=O) groups excluding carboxylic acids is 1. The maximum atomic E-state index is 14.4. The number of aliphatic hydroxyl groups excluding tert-OH is 1. The molecule has 1 aliphatic heterocycles. The highest BCUT2D eigenvalue weighted by molar-refractivity contribution is 6.01. The molecule has 48 heavy (non-hydrogen) atoms. The van der Waals surface area contributed by atoms with Gasteiger partial charge in [0.1, 0.15) is 17.4 Å². The number of ether oxygens (including phenoxy) is 2. The van der Waals surface area contributed by atoms with Crippen LogP contribution in [0.15, 0.2) is 113 Å². The van der Waals surface area contributed by atoms with Crippen LogP contribution in [0.25, 0.3) is 16.5 Å². The predicted octanol–water partition coefficient (Wildman–Crippen LogP) is 6.72. The second-order valence-corrected chi connectivity index (χ2v) is 11.0. The minimum absolute atomic E-state index is 0.0160. The Kier molecular flexibility index (Phi) is 11.5. The van der Waals surface area contributed by atoms with Gasteiger partial charge >= 0.3 is 0 Å². The summed E-state index contributed by atoms with van der Waals surface area (Å²) in [6, 6.07) is 26.9. The third kappa shape index (κ3) is 8.42. The molecule has 1 aliphatic rings. The third-order valence-corrected chi connectivity index (χ3v) is 7.63. The normalized spacial score (nSPS) is 17.0. The number of hydrogen-bond acceptors (Lipinski definition) is 7. The zero-order valence-corrected chi connectivity index (χ0v) is 25.9. The van der Waals surface area contributed by atoms with Crippen LogP contribution in [-0.2, 0) is 22.6 Å². The Morgan fingerprint density at radius 3 is 2.50 bits per heavy atom. The van der Waals surface area contributed by atoms with Crippen molar-refractivity contribution in [2.24, 2.45) is 10.1 Å². The van der Waals surface area contributed by atoms with Gasteiger partial charge in [-0.3, -0.25) is 10.2 Å². The van der Waals surface area contributed by atoms with Crippen molar-refractivity contribution in [3.8, 4) is 5.75 Å². The number of nitrogens with one attached hydrogen (secondary N) is 2. The van der Waals surface area contributed by atoms with Crippen LogP contribution in [0.4, 0.5) is 8.78 Å². The number of azide groups is 1. The van der Waals surface area contributed by atoms with Crippen LogP contribution in [0.1, 0.15) is 46.8 Å². The van der Waals surface area contributed by atoms with Gasteiger partial charge in [-0.05, 0) is 64.2 Å². The first kappa shape index (κ1) is 33.8. The number of amides is 1. The van der Waals surface area contributed by atoms with Gasteiger partial charge in [0, 0.05) is 42.5 Å². The van der Waals surface area contributed by atoms with Crippen molar-refractivity contribution in [2.75, 3.05) is 13.2 Å². The molecular formula is C36H34F2N6O4. The molecule has 0 aromatic heterocycles. The van der Waals surface area contributed by atoms with E-state index in [9.17, 15) is 13.6 Å². The summed E-state index contributed by atoms with van der Waals surface area (Å²) in [5.74, 6) is -1.23. The average Bonchev–Trinajstić information content (AvgIpc) is 3.48. The number of aliphatic hydroxyl groups is 1. The van der Waals surface area contributed by atoms with Crippen LogP contribution in [0, 0.1) is 11.6 Å². The van der Waals surface area contributed by atoms with E-state index in [4.69, 9.17) is 25.1 Å². The maximum Gasteiger partial charge on any atom is 0.266 e. The van der Waals surface area contributed by atoms with Gasteiger partial charge in [-0.25, -0.2) is 19.2 Å². The molecule has 0 bridgehead atoms. The van der Waals surface area contributed by atoms with Crippen molar-refractivity contribution in [2.45, 2.75) is 37.6 Å². The second-order valence-electron chi connectivity index (χ2n) is 11.0. The Morgan fingerprint density at radius 1 is 1.04 bits per heavy atom. The molecule has 3 N–H and O–H groups in total. The highest BCUT2D eigenvalue weighted by Gasteiger charge is 2.53. The second kappa shape index (κ2) is 16.3. The molecule has 0 fully saturated rings. The fraction of sp³-hybridized carbons (Fsp3) is 0.222. The Labute approximate surface area is 276 Å². The molecule has 5 rings (SSSR count). The summed E-state index contributed by atoms with van der Waals surface area (Å²) in [6.07, 6.45) is 3.34. The lowest BCUT2D eigenvalue weighted by molar-refractivity contribution is -0.129. The lowest BCUT2D eigenvalue weighted by atomic mass is 9.82. The zero-order valence-electron chi connectivity index (χ0n) is 25.9. The van der Waals surface area contributed by atoms with E-state index in [0.29, 0.717) is 35.5 Å². The van der Waals surface area contributed by atoms with E-state index >= 15 is 0 Å². The summed E-state index contributed by atoms with van der Waals surface area (Å²) in [6.45, 7) is 0.318. The summed E-state index contributed by atoms with van der Waals surface area (Å²) in [5.41, 5.74) is 16.0. The van der Waals surface area contributed by atoms with Crippen molar-refractivity contribution in [3.63, 3.8) is 0 Å². The highest BCUT2D eigenvalue weighted by Crippen LogP contribution is 2.44. The van der Waals surface area contributed by atoms with Gasteiger partial charge in [0.25, 0.3) is 5.91 Å². The molecule has 0 spiro atoms. The molecular weight excluding hydrogens is 618 g/mol. The van der Waals surface area contributed by atoms with Crippen LogP contribution >= 0.6 is 0 Å². The molecule has 4 aromatic rings. The van der Waals surface area contributed by atoms with Gasteiger partial charge < -0.3 is 14.6 Å². The maximum absolute atomic E-state index is 14.4. The van der Waals surface area contributed by atoms with Crippen LogP contribution in [0.3, 0.4) is 0 Å². The van der Waals surface area contributed by atoms with Crippen LogP contribution in [0.5, 0.6) is 5.75 Å². The zero-order chi connectivity index (χ0) is 33.8. The fourth-order valence-corrected chi connectivity index (χ4v) is 5.32. The first-order chi connectivity index (χ1) is 23.4. The predicted molar refractivity (Wildman–Crippen MR) is 177 cm³/mol. The number of halogens is 2. The Hall–Kier alpha value is -5.55. The van der Waals surface area contributed by atoms with E-state index < -0.39 is 29.2 Å². The highest BCUT2D eigenvalue weighted by atomic mass is 19.1. The summed E-state index contributed by atoms with van der Waals surface area (Å²) in [4.78, 5) is 22.2. The molecule has 2 atom stereocenters. The number of hydrazine groups is 1. The number of hydrogen-bond donors (Lipinski definition) is 3. The minimum atomic E-state index is -1.58. The number of aliphatic imine (C=N–C) groups is 1. The molecule has 10 nitrogen and oxygen atoms in total. The Bertz CT molecular complexity index is 1790. The van der Waals surface area contributed by atoms with Crippen molar-refractivity contribution >= 4 is 17.9 Å². The molecule has 4 aromatic carbocycles. The number of carbonyl (C=O) groups is 1. The molecule has 1 heterocycles. The van der Waals surface area contributed by atoms with E-state index in [1.165, 1.54) is 12.1 Å². The monoisotopic (exact) mass is 652 g/mol. The third-order valence-electron chi connectivity index (χ3n) is 7.63. The number of benzene rings is 4. The molecule has 0 unspecified atom stereocenters. The molecule has 1 amide bonds. The summed E-state index contributed by atoms with van der Waals surface area (Å²) in [5, 5.41) is 12.8. The number of nitrogens with zero attached hydrogens (tertiary/aromatic N) is 4. The van der Waals surface area contributed by atoms with Crippen LogP contribution in [0.2, 0.25) is 0 Å². The topological polar surface area (TPSA) is 141 Å².